The summed E-state index contributed by atoms with van der Waals surface area (Å²) in [6.45, 7) is 6.98. The fraction of sp³-hybridized carbons (Fsp3) is 0.323. The van der Waals surface area contributed by atoms with E-state index in [2.05, 4.69) is 15.3 Å². The normalized spacial score (nSPS) is 14.4. The van der Waals surface area contributed by atoms with Crippen molar-refractivity contribution in [2.24, 2.45) is 0 Å². The first-order valence-corrected chi connectivity index (χ1v) is 14.3. The van der Waals surface area contributed by atoms with Gasteiger partial charge in [-0.15, -0.1) is 0 Å². The molecule has 5 rings (SSSR count). The van der Waals surface area contributed by atoms with E-state index in [0.717, 1.165) is 11.1 Å². The third-order valence-electron chi connectivity index (χ3n) is 6.91. The maximum Gasteiger partial charge on any atom is 0.408 e. The van der Waals surface area contributed by atoms with E-state index in [9.17, 15) is 14.0 Å². The number of hydrogen-bond acceptors (Lipinski definition) is 8. The van der Waals surface area contributed by atoms with Crippen molar-refractivity contribution >= 4 is 46.4 Å². The lowest BCUT2D eigenvalue weighted by atomic mass is 10.0. The predicted octanol–water partition coefficient (Wildman–Crippen LogP) is 4.85. The average molecular weight is 606 g/mol. The molecule has 1 fully saturated rings. The zero-order chi connectivity index (χ0) is 30.7. The molecule has 2 amide bonds. The highest BCUT2D eigenvalue weighted by molar-refractivity contribution is 6.30. The summed E-state index contributed by atoms with van der Waals surface area (Å²) in [5.41, 5.74) is 8.72. The molecule has 1 atom stereocenters. The van der Waals surface area contributed by atoms with Crippen LogP contribution in [0.3, 0.4) is 0 Å². The lowest BCUT2D eigenvalue weighted by Crippen LogP contribution is -2.56. The first-order chi connectivity index (χ1) is 20.4. The Labute approximate surface area is 254 Å². The molecule has 1 saturated heterocycles. The number of fused-ring (bicyclic) bond motifs is 1. The fourth-order valence-corrected chi connectivity index (χ4v) is 5.01. The summed E-state index contributed by atoms with van der Waals surface area (Å²) in [5.74, 6) is 0.125. The molecule has 0 unspecified atom stereocenters. The van der Waals surface area contributed by atoms with Crippen LogP contribution in [0.2, 0.25) is 5.02 Å². The van der Waals surface area contributed by atoms with E-state index in [1.165, 1.54) is 12.1 Å². The summed E-state index contributed by atoms with van der Waals surface area (Å²) in [6.07, 6.45) is -0.386. The second-order valence-electron chi connectivity index (χ2n) is 11.3. The lowest BCUT2D eigenvalue weighted by Gasteiger charge is -2.37. The summed E-state index contributed by atoms with van der Waals surface area (Å²) in [4.78, 5) is 43.8. The highest BCUT2D eigenvalue weighted by Crippen LogP contribution is 2.28. The summed E-state index contributed by atoms with van der Waals surface area (Å²) < 4.78 is 18.9. The monoisotopic (exact) mass is 605 g/mol. The Balaban J connectivity index is 1.34. The van der Waals surface area contributed by atoms with Crippen LogP contribution >= 0.6 is 11.6 Å². The molecule has 3 N–H and O–H groups in total. The van der Waals surface area contributed by atoms with Crippen LogP contribution in [0.25, 0.3) is 22.3 Å². The number of nitrogens with one attached hydrogen (secondary N) is 1. The molecule has 224 valence electrons. The Morgan fingerprint density at radius 2 is 1.65 bits per heavy atom. The van der Waals surface area contributed by atoms with Crippen molar-refractivity contribution in [3.8, 4) is 11.3 Å². The number of rotatable bonds is 6. The molecule has 12 heteroatoms. The zero-order valence-corrected chi connectivity index (χ0v) is 24.9. The molecule has 0 bridgehead atoms. The van der Waals surface area contributed by atoms with Crippen molar-refractivity contribution in [2.45, 2.75) is 38.8 Å². The number of ether oxygens (including phenoxy) is 1. The highest BCUT2D eigenvalue weighted by atomic mass is 35.5. The zero-order valence-electron chi connectivity index (χ0n) is 24.2. The molecule has 0 radical (unpaired) electrons. The van der Waals surface area contributed by atoms with Gasteiger partial charge in [-0.3, -0.25) is 4.79 Å². The van der Waals surface area contributed by atoms with Crippen molar-refractivity contribution in [1.82, 2.24) is 25.2 Å². The van der Waals surface area contributed by atoms with Crippen LogP contribution in [0.15, 0.2) is 60.7 Å². The van der Waals surface area contributed by atoms with E-state index in [-0.39, 0.29) is 24.1 Å². The van der Waals surface area contributed by atoms with Crippen LogP contribution in [0.4, 0.5) is 21.0 Å². The van der Waals surface area contributed by atoms with Gasteiger partial charge >= 0.3 is 6.09 Å². The number of carbonyl (C=O) groups is 2. The van der Waals surface area contributed by atoms with Crippen LogP contribution in [0, 0.1) is 5.82 Å². The predicted molar refractivity (Wildman–Crippen MR) is 164 cm³/mol. The standard InChI is InChI=1S/C31H33ClFN7O3/c1-31(2,3)43-30(42)37-25(18-19-4-8-21(32)9-5-19)28(41)40-16-14-39(15-17-40)27-26-24(36-29(34)38-27)13-12-23(35-26)20-6-10-22(33)11-7-20/h4-13,25H,14-18H2,1-3H3,(H,37,42)(H2,34,36,38)/t25-/m0/s1. The Morgan fingerprint density at radius 3 is 2.30 bits per heavy atom. The number of nitrogen functional groups attached to an aromatic ring is 1. The van der Waals surface area contributed by atoms with Gasteiger partial charge in [0.1, 0.15) is 23.0 Å². The maximum atomic E-state index is 13.7. The number of amides is 2. The molecule has 0 saturated carbocycles. The topological polar surface area (TPSA) is 127 Å². The van der Waals surface area contributed by atoms with Gasteiger partial charge in [0.15, 0.2) is 5.82 Å². The van der Waals surface area contributed by atoms with Crippen molar-refractivity contribution < 1.29 is 18.7 Å². The van der Waals surface area contributed by atoms with Gasteiger partial charge in [-0.25, -0.2) is 19.2 Å². The van der Waals surface area contributed by atoms with E-state index in [1.807, 2.05) is 23.1 Å². The maximum absolute atomic E-state index is 13.7. The van der Waals surface area contributed by atoms with Crippen LogP contribution in [-0.4, -0.2) is 69.7 Å². The molecule has 1 aliphatic heterocycles. The summed E-state index contributed by atoms with van der Waals surface area (Å²) in [6, 6.07) is 16.0. The van der Waals surface area contributed by atoms with E-state index in [0.29, 0.717) is 53.7 Å². The minimum absolute atomic E-state index is 0.113. The number of pyridine rings is 1. The van der Waals surface area contributed by atoms with Crippen LogP contribution in [0.1, 0.15) is 26.3 Å². The second-order valence-corrected chi connectivity index (χ2v) is 11.8. The number of hydrogen-bond donors (Lipinski definition) is 2. The van der Waals surface area contributed by atoms with Gasteiger partial charge < -0.3 is 25.6 Å². The summed E-state index contributed by atoms with van der Waals surface area (Å²) >= 11 is 6.04. The molecule has 2 aromatic carbocycles. The number of benzene rings is 2. The van der Waals surface area contributed by atoms with Gasteiger partial charge in [0.25, 0.3) is 0 Å². The lowest BCUT2D eigenvalue weighted by molar-refractivity contribution is -0.133. The number of aromatic nitrogens is 3. The largest absolute Gasteiger partial charge is 0.444 e. The van der Waals surface area contributed by atoms with E-state index in [4.69, 9.17) is 27.1 Å². The first-order valence-electron chi connectivity index (χ1n) is 13.9. The minimum Gasteiger partial charge on any atom is -0.444 e. The Kier molecular flexibility index (Phi) is 8.63. The molecular weight excluding hydrogens is 573 g/mol. The molecular formula is C31H33ClFN7O3. The Hall–Kier alpha value is -4.51. The molecule has 3 heterocycles. The van der Waals surface area contributed by atoms with Gasteiger partial charge in [0.05, 0.1) is 11.2 Å². The Morgan fingerprint density at radius 1 is 0.977 bits per heavy atom. The van der Waals surface area contributed by atoms with Gasteiger partial charge in [-0.2, -0.15) is 4.98 Å². The molecule has 1 aliphatic rings. The number of alkyl carbamates (subject to hydrolysis) is 1. The molecule has 43 heavy (non-hydrogen) atoms. The van der Waals surface area contributed by atoms with Crippen LogP contribution < -0.4 is 16.0 Å². The number of carbonyl (C=O) groups excluding carboxylic acids is 2. The van der Waals surface area contributed by atoms with Crippen molar-refractivity contribution in [2.75, 3.05) is 36.8 Å². The quantitative estimate of drug-likeness (QED) is 0.319. The molecule has 10 nitrogen and oxygen atoms in total. The second kappa shape index (κ2) is 12.4. The third-order valence-corrected chi connectivity index (χ3v) is 7.17. The van der Waals surface area contributed by atoms with E-state index < -0.39 is 17.7 Å². The number of anilines is 2. The van der Waals surface area contributed by atoms with Crippen LogP contribution in [0.5, 0.6) is 0 Å². The van der Waals surface area contributed by atoms with Crippen molar-refractivity contribution in [1.29, 1.82) is 0 Å². The summed E-state index contributed by atoms with van der Waals surface area (Å²) in [5, 5.41) is 3.35. The van der Waals surface area contributed by atoms with E-state index in [1.54, 1.807) is 56.0 Å². The molecule has 0 aliphatic carbocycles. The number of piperazine rings is 1. The van der Waals surface area contributed by atoms with Gasteiger partial charge in [-0.05, 0) is 74.9 Å². The smallest absolute Gasteiger partial charge is 0.408 e. The SMILES string of the molecule is CC(C)(C)OC(=O)N[C@@H](Cc1ccc(Cl)cc1)C(=O)N1CCN(c2nc(N)nc3ccc(-c4ccc(F)cc4)nc23)CC1. The van der Waals surface area contributed by atoms with Crippen molar-refractivity contribution in [3.63, 3.8) is 0 Å². The minimum atomic E-state index is -0.835. The first kappa shape index (κ1) is 30.0. The molecule has 2 aromatic heterocycles. The molecule has 0 spiro atoms. The van der Waals surface area contributed by atoms with Gasteiger partial charge in [0.2, 0.25) is 11.9 Å². The van der Waals surface area contributed by atoms with Gasteiger partial charge in [-0.1, -0.05) is 23.7 Å². The Bertz CT molecular complexity index is 1620. The van der Waals surface area contributed by atoms with Crippen molar-refractivity contribution in [3.05, 3.63) is 77.1 Å². The van der Waals surface area contributed by atoms with E-state index >= 15 is 0 Å². The third kappa shape index (κ3) is 7.47. The van der Waals surface area contributed by atoms with Gasteiger partial charge in [0, 0.05) is 43.2 Å². The average Bonchev–Trinajstić information content (AvgIpc) is 2.96. The summed E-state index contributed by atoms with van der Waals surface area (Å²) in [7, 11) is 0. The fourth-order valence-electron chi connectivity index (χ4n) is 4.88. The molecule has 4 aromatic rings. The number of nitrogens with two attached hydrogens (primary N) is 1. The number of halogens is 2. The van der Waals surface area contributed by atoms with Crippen LogP contribution in [-0.2, 0) is 16.0 Å². The number of nitrogens with zero attached hydrogens (tertiary/aromatic N) is 5. The highest BCUT2D eigenvalue weighted by Gasteiger charge is 2.31.